The van der Waals surface area contributed by atoms with E-state index in [4.69, 9.17) is 5.84 Å². The molecule has 0 aromatic rings. The lowest BCUT2D eigenvalue weighted by Crippen LogP contribution is -2.02. The molecule has 1 heterocycles. The molecule has 2 N–H and O–H groups in total. The van der Waals surface area contributed by atoms with E-state index in [9.17, 15) is 0 Å². The minimum atomic E-state index is 0.889. The van der Waals surface area contributed by atoms with Crippen molar-refractivity contribution >= 4 is 0 Å². The molecule has 0 spiro atoms. The molecule has 1 aliphatic heterocycles. The molecule has 1 aliphatic rings. The lowest BCUT2D eigenvalue weighted by Gasteiger charge is -1.74. The SMILES string of the molecule is C=C1CN1N. The molecule has 2 nitrogen and oxygen atoms in total. The van der Waals surface area contributed by atoms with E-state index in [1.165, 1.54) is 0 Å². The molecule has 0 saturated carbocycles. The summed E-state index contributed by atoms with van der Waals surface area (Å²) in [5.41, 5.74) is 1.03. The fourth-order valence-electron chi connectivity index (χ4n) is 0.161. The first-order valence-electron chi connectivity index (χ1n) is 1.51. The molecule has 1 fully saturated rings. The normalized spacial score (nSPS) is 20.2. The molecule has 0 aromatic carbocycles. The molecule has 1 saturated heterocycles. The van der Waals surface area contributed by atoms with Crippen molar-refractivity contribution in [3.63, 3.8) is 0 Å². The summed E-state index contributed by atoms with van der Waals surface area (Å²) in [6.45, 7) is 4.44. The van der Waals surface area contributed by atoms with Crippen LogP contribution in [0.1, 0.15) is 0 Å². The van der Waals surface area contributed by atoms with Gasteiger partial charge < -0.3 is 5.01 Å². The molecule has 0 aromatic heterocycles. The van der Waals surface area contributed by atoms with E-state index in [0.717, 1.165) is 12.2 Å². The number of hydrazine groups is 1. The Kier molecular flexibility index (Phi) is 0.282. The van der Waals surface area contributed by atoms with Crippen molar-refractivity contribution in [1.82, 2.24) is 5.01 Å². The molecule has 2 heteroatoms. The van der Waals surface area contributed by atoms with Gasteiger partial charge in [-0.3, -0.25) is 0 Å². The Bertz CT molecular complexity index is 67.3. The summed E-state index contributed by atoms with van der Waals surface area (Å²) in [4.78, 5) is 0. The van der Waals surface area contributed by atoms with Crippen LogP contribution in [0.25, 0.3) is 0 Å². The van der Waals surface area contributed by atoms with Gasteiger partial charge in [0.2, 0.25) is 0 Å². The third kappa shape index (κ3) is 0.260. The first-order chi connectivity index (χ1) is 2.30. The van der Waals surface area contributed by atoms with Crippen LogP contribution in [0.4, 0.5) is 0 Å². The van der Waals surface area contributed by atoms with Gasteiger partial charge in [-0.15, -0.1) is 0 Å². The van der Waals surface area contributed by atoms with Gasteiger partial charge in [0.25, 0.3) is 0 Å². The topological polar surface area (TPSA) is 29.0 Å². The van der Waals surface area contributed by atoms with Gasteiger partial charge >= 0.3 is 0 Å². The minimum Gasteiger partial charge on any atom is -0.308 e. The second-order valence-electron chi connectivity index (χ2n) is 1.19. The van der Waals surface area contributed by atoms with Gasteiger partial charge in [-0.1, -0.05) is 6.58 Å². The summed E-state index contributed by atoms with van der Waals surface area (Å²) in [6, 6.07) is 0. The van der Waals surface area contributed by atoms with E-state index in [1.807, 2.05) is 0 Å². The smallest absolute Gasteiger partial charge is 0.0746 e. The van der Waals surface area contributed by atoms with Gasteiger partial charge in [0.05, 0.1) is 6.54 Å². The predicted octanol–water partition coefficient (Wildman–Crippen LogP) is -0.311. The average molecular weight is 70.1 g/mol. The predicted molar refractivity (Wildman–Crippen MR) is 20.0 cm³/mol. The summed E-state index contributed by atoms with van der Waals surface area (Å²) < 4.78 is 0. The zero-order valence-corrected chi connectivity index (χ0v) is 2.94. The lowest BCUT2D eigenvalue weighted by atomic mass is 10.8. The average Bonchev–Trinajstić information content (AvgIpc) is 1.79. The van der Waals surface area contributed by atoms with E-state index in [-0.39, 0.29) is 0 Å². The molecule has 0 amide bonds. The Morgan fingerprint density at radius 1 is 2.00 bits per heavy atom. The number of nitrogens with zero attached hydrogens (tertiary/aromatic N) is 1. The first kappa shape index (κ1) is 2.72. The molecule has 0 radical (unpaired) electrons. The van der Waals surface area contributed by atoms with Gasteiger partial charge in [0.1, 0.15) is 0 Å². The standard InChI is InChI=1S/C3H6N2/c1-3-2-5(3)4/h1-2,4H2. The second-order valence-corrected chi connectivity index (χ2v) is 1.19. The highest BCUT2D eigenvalue weighted by atomic mass is 15.5. The van der Waals surface area contributed by atoms with E-state index in [1.54, 1.807) is 5.01 Å². The fraction of sp³-hybridized carbons (Fsp3) is 0.333. The molecule has 0 unspecified atom stereocenters. The van der Waals surface area contributed by atoms with Crippen molar-refractivity contribution in [3.8, 4) is 0 Å². The third-order valence-corrected chi connectivity index (χ3v) is 0.656. The largest absolute Gasteiger partial charge is 0.308 e. The quantitative estimate of drug-likeness (QED) is 0.313. The van der Waals surface area contributed by atoms with E-state index < -0.39 is 0 Å². The van der Waals surface area contributed by atoms with Gasteiger partial charge in [-0.05, 0) is 0 Å². The van der Waals surface area contributed by atoms with Gasteiger partial charge in [0, 0.05) is 5.70 Å². The fourth-order valence-corrected chi connectivity index (χ4v) is 0.161. The van der Waals surface area contributed by atoms with Crippen LogP contribution in [0.15, 0.2) is 12.3 Å². The molecule has 1 rings (SSSR count). The highest BCUT2D eigenvalue weighted by molar-refractivity contribution is 5.09. The van der Waals surface area contributed by atoms with Crippen LogP contribution in [0.2, 0.25) is 0 Å². The summed E-state index contributed by atoms with van der Waals surface area (Å²) in [7, 11) is 0. The van der Waals surface area contributed by atoms with Gasteiger partial charge in [-0.25, -0.2) is 5.84 Å². The van der Waals surface area contributed by atoms with E-state index >= 15 is 0 Å². The minimum absolute atomic E-state index is 0.889. The summed E-state index contributed by atoms with van der Waals surface area (Å²) in [5.74, 6) is 5.10. The van der Waals surface area contributed by atoms with Crippen LogP contribution in [0.5, 0.6) is 0 Å². The Balaban J connectivity index is 2.47. The molecule has 0 aliphatic carbocycles. The number of rotatable bonds is 0. The Hall–Kier alpha value is -0.500. The Morgan fingerprint density at radius 3 is 2.20 bits per heavy atom. The van der Waals surface area contributed by atoms with E-state index in [2.05, 4.69) is 6.58 Å². The highest BCUT2D eigenvalue weighted by Gasteiger charge is 2.15. The van der Waals surface area contributed by atoms with Crippen LogP contribution < -0.4 is 5.84 Å². The number of hydrogen-bond acceptors (Lipinski definition) is 2. The summed E-state index contributed by atoms with van der Waals surface area (Å²) in [5, 5.41) is 1.60. The Labute approximate surface area is 30.8 Å². The first-order valence-corrected chi connectivity index (χ1v) is 1.51. The van der Waals surface area contributed by atoms with Crippen molar-refractivity contribution in [3.05, 3.63) is 12.3 Å². The molecular weight excluding hydrogens is 64.0 g/mol. The maximum Gasteiger partial charge on any atom is 0.0746 e. The van der Waals surface area contributed by atoms with Crippen LogP contribution in [0.3, 0.4) is 0 Å². The van der Waals surface area contributed by atoms with Crippen LogP contribution in [0, 0.1) is 0 Å². The molecular formula is C3H6N2. The van der Waals surface area contributed by atoms with Crippen LogP contribution >= 0.6 is 0 Å². The third-order valence-electron chi connectivity index (χ3n) is 0.656. The summed E-state index contributed by atoms with van der Waals surface area (Å²) >= 11 is 0. The van der Waals surface area contributed by atoms with Crippen LogP contribution in [-0.4, -0.2) is 11.6 Å². The van der Waals surface area contributed by atoms with Crippen molar-refractivity contribution in [2.75, 3.05) is 6.54 Å². The van der Waals surface area contributed by atoms with Crippen LogP contribution in [-0.2, 0) is 0 Å². The summed E-state index contributed by atoms with van der Waals surface area (Å²) in [6.07, 6.45) is 0. The monoisotopic (exact) mass is 70.1 g/mol. The van der Waals surface area contributed by atoms with E-state index in [0.29, 0.717) is 0 Å². The Morgan fingerprint density at radius 2 is 2.20 bits per heavy atom. The molecule has 5 heavy (non-hydrogen) atoms. The molecule has 0 atom stereocenters. The van der Waals surface area contributed by atoms with Crippen molar-refractivity contribution in [1.29, 1.82) is 0 Å². The zero-order chi connectivity index (χ0) is 3.86. The van der Waals surface area contributed by atoms with Crippen molar-refractivity contribution in [2.45, 2.75) is 0 Å². The zero-order valence-electron chi connectivity index (χ0n) is 2.94. The second kappa shape index (κ2) is 0.518. The van der Waals surface area contributed by atoms with Crippen molar-refractivity contribution in [2.24, 2.45) is 5.84 Å². The van der Waals surface area contributed by atoms with Gasteiger partial charge in [0.15, 0.2) is 0 Å². The molecule has 28 valence electrons. The highest BCUT2D eigenvalue weighted by Crippen LogP contribution is 2.09. The number of hydrogen-bond donors (Lipinski definition) is 1. The van der Waals surface area contributed by atoms with Gasteiger partial charge in [-0.2, -0.15) is 0 Å². The van der Waals surface area contributed by atoms with Crippen molar-refractivity contribution < 1.29 is 0 Å². The maximum atomic E-state index is 5.10. The lowest BCUT2D eigenvalue weighted by molar-refractivity contribution is 0.631. The molecule has 0 bridgehead atoms. The number of nitrogens with two attached hydrogens (primary N) is 1. The maximum absolute atomic E-state index is 5.10.